The third kappa shape index (κ3) is 7.06. The molecule has 1 radical (unpaired) electrons. The molecule has 0 spiro atoms. The van der Waals surface area contributed by atoms with Gasteiger partial charge in [0.25, 0.3) is 0 Å². The molecule has 0 amide bonds. The minimum Gasteiger partial charge on any atom is -0.657 e. The molecule has 7 rings (SSSR count). The Kier molecular flexibility index (Phi) is 10.5. The summed E-state index contributed by atoms with van der Waals surface area (Å²) in [6, 6.07) is 16.1. The first kappa shape index (κ1) is 37.4. The third-order valence-electron chi connectivity index (χ3n) is 10.7. The van der Waals surface area contributed by atoms with Crippen molar-refractivity contribution in [2.75, 3.05) is 0 Å². The van der Waals surface area contributed by atoms with Crippen LogP contribution in [-0.2, 0) is 33.1 Å². The fourth-order valence-electron chi connectivity index (χ4n) is 7.73. The van der Waals surface area contributed by atoms with E-state index >= 15 is 0 Å². The summed E-state index contributed by atoms with van der Waals surface area (Å²) in [4.78, 5) is 50.9. The van der Waals surface area contributed by atoms with Gasteiger partial charge in [0.05, 0.1) is 22.8 Å². The fraction of sp³-hybridized carbons (Fsp3) is 0.286. The molecule has 0 saturated heterocycles. The number of hydrogen-bond donors (Lipinski definition) is 4. The van der Waals surface area contributed by atoms with Gasteiger partial charge < -0.3 is 30.1 Å². The summed E-state index contributed by atoms with van der Waals surface area (Å²) in [6.45, 7) is 12.5. The normalized spacial score (nSPS) is 14.0. The van der Waals surface area contributed by atoms with E-state index in [2.05, 4.69) is 55.9 Å². The van der Waals surface area contributed by atoms with Gasteiger partial charge in [-0.15, -0.1) is 22.1 Å². The van der Waals surface area contributed by atoms with E-state index in [9.17, 15) is 19.8 Å². The van der Waals surface area contributed by atoms with E-state index in [4.69, 9.17) is 19.9 Å². The summed E-state index contributed by atoms with van der Waals surface area (Å²) in [6.07, 6.45) is 4.32. The van der Waals surface area contributed by atoms with Gasteiger partial charge in [-0.25, -0.2) is 9.97 Å². The summed E-state index contributed by atoms with van der Waals surface area (Å²) in [5.41, 5.74) is 15.7. The molecule has 2 aliphatic heterocycles. The second-order valence-electron chi connectivity index (χ2n) is 13.9. The number of fused-ring (bicyclic) bond motifs is 8. The molecule has 4 N–H and O–H groups in total. The van der Waals surface area contributed by atoms with Crippen LogP contribution in [0.15, 0.2) is 60.9 Å². The quantitative estimate of drug-likeness (QED) is 0.103. The van der Waals surface area contributed by atoms with Crippen molar-refractivity contribution in [2.45, 2.75) is 79.1 Å². The van der Waals surface area contributed by atoms with Crippen molar-refractivity contribution in [1.29, 1.82) is 0 Å². The topological polar surface area (TPSA) is 160 Å². The van der Waals surface area contributed by atoms with Gasteiger partial charge in [0.15, 0.2) is 0 Å². The second kappa shape index (κ2) is 14.9. The molecule has 2 atom stereocenters. The van der Waals surface area contributed by atoms with Gasteiger partial charge in [0, 0.05) is 48.5 Å². The average Bonchev–Trinajstić information content (AvgIpc) is 3.95. The first-order chi connectivity index (χ1) is 24.9. The van der Waals surface area contributed by atoms with Crippen molar-refractivity contribution in [1.82, 2.24) is 29.9 Å². The fourth-order valence-corrected chi connectivity index (χ4v) is 7.73. The van der Waals surface area contributed by atoms with E-state index in [0.29, 0.717) is 22.4 Å². The molecular formula is C42H42MnN6O4. The number of allylic oxidation sites excluding steroid dienone is 4. The molecule has 0 fully saturated rings. The molecule has 11 heteroatoms. The van der Waals surface area contributed by atoms with Crippen LogP contribution in [0.4, 0.5) is 0 Å². The molecule has 10 nitrogen and oxygen atoms in total. The maximum atomic E-state index is 11.8. The summed E-state index contributed by atoms with van der Waals surface area (Å²) in [5.74, 6) is -1.78. The molecule has 53 heavy (non-hydrogen) atoms. The number of aryl methyl sites for hydroxylation is 3. The van der Waals surface area contributed by atoms with Gasteiger partial charge in [-0.05, 0) is 87.1 Å². The smallest absolute Gasteiger partial charge is 0.657 e. The van der Waals surface area contributed by atoms with Gasteiger partial charge in [0.1, 0.15) is 0 Å². The Morgan fingerprint density at radius 2 is 1.21 bits per heavy atom. The largest absolute Gasteiger partial charge is 2.00 e. The van der Waals surface area contributed by atoms with Crippen LogP contribution in [0, 0.1) is 13.8 Å². The van der Waals surface area contributed by atoms with Crippen LogP contribution in [0.1, 0.15) is 115 Å². The van der Waals surface area contributed by atoms with Crippen LogP contribution in [0.2, 0.25) is 0 Å². The van der Waals surface area contributed by atoms with Gasteiger partial charge in [-0.1, -0.05) is 60.4 Å². The molecule has 0 saturated carbocycles. The van der Waals surface area contributed by atoms with Gasteiger partial charge in [-0.3, -0.25) is 9.59 Å². The first-order valence-electron chi connectivity index (χ1n) is 17.7. The standard InChI is InChI=1S/C42H44N6O4.Mn/c1-21-27(11-13-39(49)50)35-20-36-28(12-14-40(51)52)22(2)32(46-36)18-37-42(24(4)30-10-8-16-44-30)26(6)34(48-37)19-38-41(23(3)29-9-7-15-43-29)25(5)33(47-38)17-31(21)45-35;/h7-10,15-20,23-24,43-44H,11-14H2,1-6H3,(H4,45,46,47,48,49,50,51,52);/q;+2/p-2. The number of carboxylic acids is 2. The number of H-pyrrole nitrogens is 2. The van der Waals surface area contributed by atoms with Crippen LogP contribution in [0.5, 0.6) is 0 Å². The zero-order valence-electron chi connectivity index (χ0n) is 30.6. The first-order valence-corrected chi connectivity index (χ1v) is 17.7. The van der Waals surface area contributed by atoms with Crippen LogP contribution in [-0.4, -0.2) is 42.1 Å². The van der Waals surface area contributed by atoms with E-state index in [1.165, 1.54) is 0 Å². The van der Waals surface area contributed by atoms with Gasteiger partial charge in [0.2, 0.25) is 0 Å². The van der Waals surface area contributed by atoms with Crippen molar-refractivity contribution in [3.63, 3.8) is 0 Å². The molecule has 0 aromatic carbocycles. The zero-order valence-corrected chi connectivity index (χ0v) is 31.8. The van der Waals surface area contributed by atoms with Crippen LogP contribution in [0.25, 0.3) is 44.4 Å². The maximum absolute atomic E-state index is 11.8. The van der Waals surface area contributed by atoms with Crippen molar-refractivity contribution >= 4 is 56.3 Å². The number of aromatic amines is 2. The Balaban J connectivity index is 0.00000481. The Labute approximate surface area is 318 Å². The monoisotopic (exact) mass is 749 g/mol. The molecule has 0 aliphatic carbocycles. The predicted molar refractivity (Wildman–Crippen MR) is 204 cm³/mol. The maximum Gasteiger partial charge on any atom is 2.00 e. The van der Waals surface area contributed by atoms with E-state index in [-0.39, 0.29) is 54.6 Å². The summed E-state index contributed by atoms with van der Waals surface area (Å²) in [5, 5.41) is 19.3. The number of aromatic nitrogens is 6. The number of nitrogens with zero attached hydrogens (tertiary/aromatic N) is 4. The predicted octanol–water partition coefficient (Wildman–Crippen LogP) is 8.54. The minimum absolute atomic E-state index is 0. The number of hydrogen-bond acceptors (Lipinski definition) is 4. The molecule has 7 heterocycles. The Morgan fingerprint density at radius 3 is 1.85 bits per heavy atom. The van der Waals surface area contributed by atoms with Gasteiger partial charge in [-0.2, -0.15) is 0 Å². The van der Waals surface area contributed by atoms with Crippen LogP contribution < -0.4 is 9.97 Å². The summed E-state index contributed by atoms with van der Waals surface area (Å²) in [7, 11) is 0. The van der Waals surface area contributed by atoms with Crippen molar-refractivity contribution in [3.8, 4) is 0 Å². The molecule has 5 aromatic rings. The Morgan fingerprint density at radius 1 is 0.679 bits per heavy atom. The zero-order chi connectivity index (χ0) is 36.8. The van der Waals surface area contributed by atoms with Crippen LogP contribution in [0.3, 0.4) is 0 Å². The molecule has 5 aromatic heterocycles. The Hall–Kier alpha value is -5.38. The van der Waals surface area contributed by atoms with E-state index in [1.54, 1.807) is 0 Å². The second-order valence-corrected chi connectivity index (χ2v) is 13.9. The molecule has 8 bridgehead atoms. The number of rotatable bonds is 10. The Bertz CT molecular complexity index is 2450. The summed E-state index contributed by atoms with van der Waals surface area (Å²) < 4.78 is 0. The number of carbonyl (C=O) groups is 2. The van der Waals surface area contributed by atoms with E-state index in [0.717, 1.165) is 78.4 Å². The van der Waals surface area contributed by atoms with Crippen molar-refractivity contribution in [2.24, 2.45) is 0 Å². The van der Waals surface area contributed by atoms with Crippen molar-refractivity contribution < 1.29 is 36.9 Å². The number of carboxylic acid groups (broad SMARTS) is 2. The van der Waals surface area contributed by atoms with E-state index in [1.807, 2.05) is 56.6 Å². The van der Waals surface area contributed by atoms with Crippen LogP contribution >= 0.6 is 0 Å². The SMILES string of the molecule is CC1=C(CCC(=O)O)c2cc3[n-]c(cc4nc(cc5[n-]c(cc1n2)c(C(C)c1ccc[nH]1)c5C)C(C(C)c1ccc[nH]1)=C4C)c(C)c3CCC(=O)O.[Mn+2]. The molecule has 271 valence electrons. The van der Waals surface area contributed by atoms with E-state index < -0.39 is 11.9 Å². The van der Waals surface area contributed by atoms with Gasteiger partial charge >= 0.3 is 29.0 Å². The number of aliphatic carboxylic acids is 2. The minimum atomic E-state index is -0.894. The molecule has 2 aliphatic rings. The molecule has 2 unspecified atom stereocenters. The molecular weight excluding hydrogens is 707 g/mol. The average molecular weight is 750 g/mol. The number of nitrogens with one attached hydrogen (secondary N) is 2. The summed E-state index contributed by atoms with van der Waals surface area (Å²) >= 11 is 0. The third-order valence-corrected chi connectivity index (χ3v) is 10.7. The van der Waals surface area contributed by atoms with Crippen molar-refractivity contribution in [3.05, 3.63) is 117 Å².